The Bertz CT molecular complexity index is 900. The fourth-order valence-corrected chi connectivity index (χ4v) is 3.45. The number of rotatable bonds is 7. The lowest BCUT2D eigenvalue weighted by Gasteiger charge is -2.21. The van der Waals surface area contributed by atoms with E-state index in [0.29, 0.717) is 5.76 Å². The first-order chi connectivity index (χ1) is 12.1. The highest BCUT2D eigenvalue weighted by Gasteiger charge is 2.23. The van der Waals surface area contributed by atoms with Gasteiger partial charge in [0, 0.05) is 18.7 Å². The summed E-state index contributed by atoms with van der Waals surface area (Å²) in [4.78, 5) is 23.0. The van der Waals surface area contributed by atoms with Crippen LogP contribution in [0.3, 0.4) is 0 Å². The number of amides is 1. The van der Waals surface area contributed by atoms with E-state index in [1.165, 1.54) is 47.8 Å². The first-order valence-corrected chi connectivity index (χ1v) is 9.25. The van der Waals surface area contributed by atoms with Crippen molar-refractivity contribution in [2.75, 3.05) is 7.05 Å². The smallest absolute Gasteiger partial charge is 0.371 e. The first-order valence-electron chi connectivity index (χ1n) is 7.81. The van der Waals surface area contributed by atoms with E-state index in [0.717, 1.165) is 0 Å². The minimum Gasteiger partial charge on any atom is -0.475 e. The summed E-state index contributed by atoms with van der Waals surface area (Å²) >= 11 is 0. The third-order valence-corrected chi connectivity index (χ3v) is 5.86. The van der Waals surface area contributed by atoms with Crippen LogP contribution in [0.2, 0.25) is 0 Å². The molecule has 2 rings (SSSR count). The lowest BCUT2D eigenvalue weighted by atomic mass is 10.2. The lowest BCUT2D eigenvalue weighted by molar-refractivity contribution is 0.0660. The molecule has 0 spiro atoms. The van der Waals surface area contributed by atoms with Gasteiger partial charge < -0.3 is 14.8 Å². The molecule has 2 N–H and O–H groups in total. The standard InChI is InChI=1S/C17H20N2O6S/c1-11(2)19(3)26(23,24)14-7-4-12(5-8-14)16(20)18-10-13-6-9-15(25-13)17(21)22/h4-9,11H,10H2,1-3H3,(H,18,20)(H,21,22). The Morgan fingerprint density at radius 3 is 2.27 bits per heavy atom. The molecular formula is C17H20N2O6S. The van der Waals surface area contributed by atoms with Crippen molar-refractivity contribution in [2.45, 2.75) is 31.3 Å². The summed E-state index contributed by atoms with van der Waals surface area (Å²) in [6.45, 7) is 3.55. The minimum atomic E-state index is -3.61. The average Bonchev–Trinajstić information content (AvgIpc) is 3.08. The topological polar surface area (TPSA) is 117 Å². The van der Waals surface area contributed by atoms with Gasteiger partial charge in [0.2, 0.25) is 15.8 Å². The molecule has 1 aromatic carbocycles. The number of sulfonamides is 1. The molecule has 26 heavy (non-hydrogen) atoms. The number of nitrogens with one attached hydrogen (secondary N) is 1. The molecule has 1 aromatic heterocycles. The zero-order chi connectivity index (χ0) is 19.5. The minimum absolute atomic E-state index is 0.0161. The Morgan fingerprint density at radius 1 is 1.15 bits per heavy atom. The van der Waals surface area contributed by atoms with Crippen molar-refractivity contribution in [1.29, 1.82) is 0 Å². The van der Waals surface area contributed by atoms with Gasteiger partial charge in [-0.25, -0.2) is 13.2 Å². The average molecular weight is 380 g/mol. The number of hydrogen-bond acceptors (Lipinski definition) is 5. The van der Waals surface area contributed by atoms with Crippen molar-refractivity contribution < 1.29 is 27.5 Å². The van der Waals surface area contributed by atoms with Gasteiger partial charge in [0.1, 0.15) is 5.76 Å². The Kier molecular flexibility index (Phi) is 5.83. The molecule has 8 nitrogen and oxygen atoms in total. The molecule has 9 heteroatoms. The summed E-state index contributed by atoms with van der Waals surface area (Å²) in [5.74, 6) is -1.53. The largest absolute Gasteiger partial charge is 0.475 e. The van der Waals surface area contributed by atoms with E-state index < -0.39 is 21.9 Å². The van der Waals surface area contributed by atoms with Gasteiger partial charge in [-0.2, -0.15) is 4.31 Å². The lowest BCUT2D eigenvalue weighted by Crippen LogP contribution is -2.33. The van der Waals surface area contributed by atoms with Gasteiger partial charge in [0.25, 0.3) is 5.91 Å². The summed E-state index contributed by atoms with van der Waals surface area (Å²) in [7, 11) is -2.11. The third kappa shape index (κ3) is 4.30. The van der Waals surface area contributed by atoms with Crippen LogP contribution in [-0.2, 0) is 16.6 Å². The van der Waals surface area contributed by atoms with Crippen LogP contribution in [0.4, 0.5) is 0 Å². The molecule has 0 bridgehead atoms. The summed E-state index contributed by atoms with van der Waals surface area (Å²) in [5.41, 5.74) is 0.279. The van der Waals surface area contributed by atoms with Crippen LogP contribution in [-0.4, -0.2) is 42.8 Å². The van der Waals surface area contributed by atoms with E-state index in [-0.39, 0.29) is 28.8 Å². The van der Waals surface area contributed by atoms with Crippen molar-refractivity contribution in [1.82, 2.24) is 9.62 Å². The van der Waals surface area contributed by atoms with Crippen molar-refractivity contribution in [3.8, 4) is 0 Å². The number of aromatic carboxylic acids is 1. The maximum Gasteiger partial charge on any atom is 0.371 e. The number of carboxylic acid groups (broad SMARTS) is 1. The Morgan fingerprint density at radius 2 is 1.77 bits per heavy atom. The van der Waals surface area contributed by atoms with Gasteiger partial charge in [0.05, 0.1) is 11.4 Å². The second-order valence-electron chi connectivity index (χ2n) is 5.89. The zero-order valence-corrected chi connectivity index (χ0v) is 15.4. The predicted octanol–water partition coefficient (Wildman–Crippen LogP) is 1.94. The van der Waals surface area contributed by atoms with Gasteiger partial charge in [0.15, 0.2) is 0 Å². The number of carboxylic acids is 1. The molecule has 0 saturated carbocycles. The second kappa shape index (κ2) is 7.71. The van der Waals surface area contributed by atoms with Crippen LogP contribution in [0.15, 0.2) is 45.7 Å². The normalized spacial score (nSPS) is 11.7. The molecule has 140 valence electrons. The number of hydrogen-bond donors (Lipinski definition) is 2. The maximum atomic E-state index is 12.4. The SMILES string of the molecule is CC(C)N(C)S(=O)(=O)c1ccc(C(=O)NCc2ccc(C(=O)O)o2)cc1. The molecule has 0 aliphatic carbocycles. The molecule has 2 aromatic rings. The maximum absolute atomic E-state index is 12.4. The van der Waals surface area contributed by atoms with Crippen molar-refractivity contribution in [3.63, 3.8) is 0 Å². The van der Waals surface area contributed by atoms with Gasteiger partial charge in [-0.3, -0.25) is 4.79 Å². The second-order valence-corrected chi connectivity index (χ2v) is 7.89. The molecule has 0 saturated heterocycles. The van der Waals surface area contributed by atoms with E-state index in [2.05, 4.69) is 5.32 Å². The summed E-state index contributed by atoms with van der Waals surface area (Å²) in [5, 5.41) is 11.4. The van der Waals surface area contributed by atoms with E-state index in [4.69, 9.17) is 9.52 Å². The fourth-order valence-electron chi connectivity index (χ4n) is 2.08. The van der Waals surface area contributed by atoms with Crippen LogP contribution in [0, 0.1) is 0 Å². The molecule has 0 aliphatic rings. The Labute approximate surface area is 151 Å². The van der Waals surface area contributed by atoms with E-state index >= 15 is 0 Å². The molecule has 0 aliphatic heterocycles. The van der Waals surface area contributed by atoms with Crippen LogP contribution < -0.4 is 5.32 Å². The number of carbonyl (C=O) groups excluding carboxylic acids is 1. The first kappa shape index (κ1) is 19.7. The van der Waals surface area contributed by atoms with Crippen molar-refractivity contribution in [2.24, 2.45) is 0 Å². The number of benzene rings is 1. The molecule has 0 atom stereocenters. The van der Waals surface area contributed by atoms with Gasteiger partial charge in [-0.1, -0.05) is 0 Å². The molecule has 1 heterocycles. The van der Waals surface area contributed by atoms with E-state index in [9.17, 15) is 18.0 Å². The molecule has 0 unspecified atom stereocenters. The summed E-state index contributed by atoms with van der Waals surface area (Å²) < 4.78 is 31.1. The number of furan rings is 1. The van der Waals surface area contributed by atoms with Crippen LogP contribution in [0.1, 0.15) is 40.5 Å². The Hall–Kier alpha value is -2.65. The van der Waals surface area contributed by atoms with Gasteiger partial charge in [-0.15, -0.1) is 0 Å². The highest BCUT2D eigenvalue weighted by molar-refractivity contribution is 7.89. The van der Waals surface area contributed by atoms with Gasteiger partial charge in [-0.05, 0) is 50.2 Å². The van der Waals surface area contributed by atoms with Crippen LogP contribution in [0.5, 0.6) is 0 Å². The van der Waals surface area contributed by atoms with Crippen molar-refractivity contribution >= 4 is 21.9 Å². The number of carbonyl (C=O) groups is 2. The Balaban J connectivity index is 2.05. The van der Waals surface area contributed by atoms with E-state index in [1.54, 1.807) is 13.8 Å². The molecule has 0 fully saturated rings. The zero-order valence-electron chi connectivity index (χ0n) is 14.6. The number of nitrogens with zero attached hydrogens (tertiary/aromatic N) is 1. The molecular weight excluding hydrogens is 360 g/mol. The monoisotopic (exact) mass is 380 g/mol. The predicted molar refractivity (Wildman–Crippen MR) is 93.4 cm³/mol. The highest BCUT2D eigenvalue weighted by Crippen LogP contribution is 2.17. The van der Waals surface area contributed by atoms with Crippen molar-refractivity contribution in [3.05, 3.63) is 53.5 Å². The molecule has 0 radical (unpaired) electrons. The summed E-state index contributed by atoms with van der Waals surface area (Å²) in [6.07, 6.45) is 0. The third-order valence-electron chi connectivity index (χ3n) is 3.82. The van der Waals surface area contributed by atoms with Gasteiger partial charge >= 0.3 is 5.97 Å². The highest BCUT2D eigenvalue weighted by atomic mass is 32.2. The fraction of sp³-hybridized carbons (Fsp3) is 0.294. The van der Waals surface area contributed by atoms with Crippen LogP contribution in [0.25, 0.3) is 0 Å². The molecule has 1 amide bonds. The van der Waals surface area contributed by atoms with Crippen LogP contribution >= 0.6 is 0 Å². The summed E-state index contributed by atoms with van der Waals surface area (Å²) in [6, 6.07) is 8.15. The van der Waals surface area contributed by atoms with E-state index in [1.807, 2.05) is 0 Å². The quantitative estimate of drug-likeness (QED) is 0.758.